The molecule has 2 aromatic rings. The molecule has 2 rings (SSSR count). The molecule has 0 aliphatic rings. The summed E-state index contributed by atoms with van der Waals surface area (Å²) in [6.45, 7) is 0.984. The van der Waals surface area contributed by atoms with Crippen molar-refractivity contribution in [2.45, 2.75) is 18.7 Å². The number of carbonyl (C=O) groups is 2. The molecular weight excluding hydrogens is 434 g/mol. The molecule has 0 spiro atoms. The summed E-state index contributed by atoms with van der Waals surface area (Å²) >= 11 is 11.7. The van der Waals surface area contributed by atoms with Crippen molar-refractivity contribution in [1.29, 1.82) is 0 Å². The molecule has 0 aliphatic heterocycles. The van der Waals surface area contributed by atoms with Crippen LogP contribution in [0.5, 0.6) is 0 Å². The Balaban J connectivity index is 2.35. The number of rotatable bonds is 5. The van der Waals surface area contributed by atoms with Crippen molar-refractivity contribution in [3.8, 4) is 0 Å². The average molecular weight is 450 g/mol. The molecule has 2 aromatic carbocycles. The standard InChI is InChI=1S/C19H16Cl2F3NO4/c1-3-29-17(27)18(28,19(22,23)24)12-5-7-13(8-6-12)25(2)16(26)11-4-9-14(20)15(21)10-11/h4-10,28H,3H2,1-2H3/t18-/m0/s1. The Morgan fingerprint density at radius 1 is 1.07 bits per heavy atom. The fourth-order valence-electron chi connectivity index (χ4n) is 2.50. The van der Waals surface area contributed by atoms with Crippen LogP contribution in [-0.2, 0) is 15.1 Å². The van der Waals surface area contributed by atoms with Crippen molar-refractivity contribution < 1.29 is 32.6 Å². The number of aliphatic hydroxyl groups is 1. The number of halogens is 5. The number of benzene rings is 2. The Labute approximate surface area is 174 Å². The number of anilines is 1. The SMILES string of the molecule is CCOC(=O)[C@@](O)(c1ccc(N(C)C(=O)c2ccc(Cl)c(Cl)c2)cc1)C(F)(F)F. The molecule has 156 valence electrons. The minimum atomic E-state index is -5.30. The van der Waals surface area contributed by atoms with E-state index in [4.69, 9.17) is 23.2 Å². The van der Waals surface area contributed by atoms with Crippen LogP contribution in [0.4, 0.5) is 18.9 Å². The maximum absolute atomic E-state index is 13.4. The first kappa shape index (κ1) is 23.0. The molecule has 1 N–H and O–H groups in total. The van der Waals surface area contributed by atoms with E-state index in [0.717, 1.165) is 12.1 Å². The highest BCUT2D eigenvalue weighted by Gasteiger charge is 2.62. The second kappa shape index (κ2) is 8.61. The van der Waals surface area contributed by atoms with Gasteiger partial charge in [-0.05, 0) is 37.3 Å². The van der Waals surface area contributed by atoms with E-state index in [-0.39, 0.29) is 27.9 Å². The van der Waals surface area contributed by atoms with Crippen LogP contribution in [0.3, 0.4) is 0 Å². The van der Waals surface area contributed by atoms with Crippen molar-refractivity contribution in [2.75, 3.05) is 18.6 Å². The molecule has 1 atom stereocenters. The Hall–Kier alpha value is -2.29. The predicted octanol–water partition coefficient (Wildman–Crippen LogP) is 4.58. The van der Waals surface area contributed by atoms with Crippen LogP contribution >= 0.6 is 23.2 Å². The summed E-state index contributed by atoms with van der Waals surface area (Å²) in [6, 6.07) is 8.39. The third kappa shape index (κ3) is 4.49. The number of ether oxygens (including phenoxy) is 1. The number of hydrogen-bond donors (Lipinski definition) is 1. The lowest BCUT2D eigenvalue weighted by Gasteiger charge is -2.29. The summed E-state index contributed by atoms with van der Waals surface area (Å²) in [5.74, 6) is -2.33. The second-order valence-corrected chi connectivity index (χ2v) is 6.78. The van der Waals surface area contributed by atoms with Gasteiger partial charge in [-0.2, -0.15) is 13.2 Å². The molecule has 1 amide bonds. The lowest BCUT2D eigenvalue weighted by molar-refractivity contribution is -0.267. The maximum Gasteiger partial charge on any atom is 0.432 e. The van der Waals surface area contributed by atoms with Gasteiger partial charge in [0.1, 0.15) is 0 Å². The average Bonchev–Trinajstić information content (AvgIpc) is 2.67. The van der Waals surface area contributed by atoms with Crippen LogP contribution in [0.2, 0.25) is 10.0 Å². The predicted molar refractivity (Wildman–Crippen MR) is 102 cm³/mol. The lowest BCUT2D eigenvalue weighted by Crippen LogP contribution is -2.50. The summed E-state index contributed by atoms with van der Waals surface area (Å²) in [7, 11) is 1.40. The Bertz CT molecular complexity index is 919. The van der Waals surface area contributed by atoms with Gasteiger partial charge in [-0.15, -0.1) is 0 Å². The molecule has 0 radical (unpaired) electrons. The fourth-order valence-corrected chi connectivity index (χ4v) is 2.80. The van der Waals surface area contributed by atoms with Gasteiger partial charge in [0.25, 0.3) is 11.5 Å². The first-order chi connectivity index (χ1) is 13.4. The van der Waals surface area contributed by atoms with E-state index < -0.39 is 29.2 Å². The second-order valence-electron chi connectivity index (χ2n) is 5.97. The molecule has 29 heavy (non-hydrogen) atoms. The van der Waals surface area contributed by atoms with E-state index >= 15 is 0 Å². The topological polar surface area (TPSA) is 66.8 Å². The monoisotopic (exact) mass is 449 g/mol. The van der Waals surface area contributed by atoms with Gasteiger partial charge in [-0.3, -0.25) is 4.79 Å². The van der Waals surface area contributed by atoms with E-state index in [1.165, 1.54) is 49.2 Å². The summed E-state index contributed by atoms with van der Waals surface area (Å²) in [5, 5.41) is 10.5. The van der Waals surface area contributed by atoms with Gasteiger partial charge in [0.15, 0.2) is 0 Å². The molecule has 0 saturated heterocycles. The lowest BCUT2D eigenvalue weighted by atomic mass is 9.93. The highest BCUT2D eigenvalue weighted by atomic mass is 35.5. The number of amides is 1. The number of esters is 1. The summed E-state index contributed by atoms with van der Waals surface area (Å²) in [4.78, 5) is 25.5. The summed E-state index contributed by atoms with van der Waals surface area (Å²) in [5.41, 5.74) is -4.13. The quantitative estimate of drug-likeness (QED) is 0.678. The van der Waals surface area contributed by atoms with Gasteiger partial charge in [0.2, 0.25) is 0 Å². The zero-order chi connectivity index (χ0) is 22.0. The molecule has 0 aromatic heterocycles. The van der Waals surface area contributed by atoms with Crippen LogP contribution in [0, 0.1) is 0 Å². The maximum atomic E-state index is 13.4. The minimum Gasteiger partial charge on any atom is -0.463 e. The zero-order valence-electron chi connectivity index (χ0n) is 15.3. The molecule has 0 saturated carbocycles. The third-order valence-corrected chi connectivity index (χ3v) is 4.86. The molecule has 0 heterocycles. The molecule has 0 bridgehead atoms. The van der Waals surface area contributed by atoms with E-state index in [2.05, 4.69) is 4.74 Å². The first-order valence-electron chi connectivity index (χ1n) is 8.23. The zero-order valence-corrected chi connectivity index (χ0v) is 16.8. The Morgan fingerprint density at radius 3 is 2.14 bits per heavy atom. The largest absolute Gasteiger partial charge is 0.463 e. The van der Waals surface area contributed by atoms with Crippen molar-refractivity contribution in [3.05, 3.63) is 63.6 Å². The molecule has 5 nitrogen and oxygen atoms in total. The smallest absolute Gasteiger partial charge is 0.432 e. The van der Waals surface area contributed by atoms with E-state index in [1.54, 1.807) is 0 Å². The normalized spacial score (nSPS) is 13.5. The highest BCUT2D eigenvalue weighted by Crippen LogP contribution is 2.40. The van der Waals surface area contributed by atoms with Gasteiger partial charge >= 0.3 is 12.1 Å². The van der Waals surface area contributed by atoms with Crippen molar-refractivity contribution in [2.24, 2.45) is 0 Å². The van der Waals surface area contributed by atoms with Crippen molar-refractivity contribution >= 4 is 40.8 Å². The van der Waals surface area contributed by atoms with Crippen LogP contribution in [-0.4, -0.2) is 36.8 Å². The van der Waals surface area contributed by atoms with Gasteiger partial charge < -0.3 is 14.7 Å². The van der Waals surface area contributed by atoms with Gasteiger partial charge in [0, 0.05) is 23.9 Å². The van der Waals surface area contributed by atoms with E-state index in [9.17, 15) is 27.9 Å². The fraction of sp³-hybridized carbons (Fsp3) is 0.263. The van der Waals surface area contributed by atoms with Crippen LogP contribution in [0.25, 0.3) is 0 Å². The van der Waals surface area contributed by atoms with Crippen LogP contribution in [0.15, 0.2) is 42.5 Å². The molecule has 0 unspecified atom stereocenters. The van der Waals surface area contributed by atoms with Crippen LogP contribution < -0.4 is 4.90 Å². The van der Waals surface area contributed by atoms with Gasteiger partial charge in [-0.1, -0.05) is 35.3 Å². The summed E-state index contributed by atoms with van der Waals surface area (Å²) < 4.78 is 44.6. The Kier molecular flexibility index (Phi) is 6.82. The summed E-state index contributed by atoms with van der Waals surface area (Å²) in [6.07, 6.45) is -5.30. The molecule has 0 aliphatic carbocycles. The molecule has 0 fully saturated rings. The highest BCUT2D eigenvalue weighted by molar-refractivity contribution is 6.42. The number of carbonyl (C=O) groups excluding carboxylic acids is 2. The van der Waals surface area contributed by atoms with Crippen LogP contribution in [0.1, 0.15) is 22.8 Å². The number of nitrogens with zero attached hydrogens (tertiary/aromatic N) is 1. The van der Waals surface area contributed by atoms with E-state index in [0.29, 0.717) is 0 Å². The van der Waals surface area contributed by atoms with Crippen molar-refractivity contribution in [3.63, 3.8) is 0 Å². The first-order valence-corrected chi connectivity index (χ1v) is 8.99. The number of hydrogen-bond acceptors (Lipinski definition) is 4. The van der Waals surface area contributed by atoms with E-state index in [1.807, 2.05) is 0 Å². The Morgan fingerprint density at radius 2 is 1.66 bits per heavy atom. The third-order valence-electron chi connectivity index (χ3n) is 4.12. The molecular formula is C19H16Cl2F3NO4. The van der Waals surface area contributed by atoms with Gasteiger partial charge in [-0.25, -0.2) is 4.79 Å². The number of alkyl halides is 3. The van der Waals surface area contributed by atoms with Gasteiger partial charge in [0.05, 0.1) is 16.7 Å². The van der Waals surface area contributed by atoms with Crippen molar-refractivity contribution in [1.82, 2.24) is 0 Å². The molecule has 10 heteroatoms. The minimum absolute atomic E-state index is 0.172.